The van der Waals surface area contributed by atoms with Crippen LogP contribution in [0.3, 0.4) is 0 Å². The summed E-state index contributed by atoms with van der Waals surface area (Å²) in [6.07, 6.45) is 3.70. The Bertz CT molecular complexity index is 2910. The molecule has 248 valence electrons. The van der Waals surface area contributed by atoms with Gasteiger partial charge in [0.1, 0.15) is 5.52 Å². The normalized spacial score (nSPS) is 11.4. The van der Waals surface area contributed by atoms with Gasteiger partial charge in [-0.15, -0.1) is 0 Å². The fourth-order valence-corrected chi connectivity index (χ4v) is 7.51. The van der Waals surface area contributed by atoms with Gasteiger partial charge in [0.2, 0.25) is 5.89 Å². The number of benzene rings is 8. The van der Waals surface area contributed by atoms with Gasteiger partial charge in [-0.3, -0.25) is 4.98 Å². The Labute approximate surface area is 307 Å². The van der Waals surface area contributed by atoms with Crippen molar-refractivity contribution in [3.63, 3.8) is 0 Å². The molecule has 0 unspecified atom stereocenters. The van der Waals surface area contributed by atoms with E-state index in [0.717, 1.165) is 55.6 Å². The molecule has 8 aromatic carbocycles. The number of fused-ring (bicyclic) bond motifs is 4. The highest BCUT2D eigenvalue weighted by atomic mass is 16.3. The lowest BCUT2D eigenvalue weighted by atomic mass is 9.91. The Morgan fingerprint density at radius 3 is 1.74 bits per heavy atom. The first kappa shape index (κ1) is 30.7. The third-order valence-corrected chi connectivity index (χ3v) is 10.2. The van der Waals surface area contributed by atoms with Crippen molar-refractivity contribution in [2.45, 2.75) is 0 Å². The van der Waals surface area contributed by atoms with Crippen LogP contribution in [0.15, 0.2) is 199 Å². The summed E-state index contributed by atoms with van der Waals surface area (Å²) in [6, 6.07) is 64.4. The Morgan fingerprint density at radius 1 is 0.358 bits per heavy atom. The van der Waals surface area contributed by atoms with Crippen LogP contribution in [0.5, 0.6) is 0 Å². The fourth-order valence-electron chi connectivity index (χ4n) is 7.51. The van der Waals surface area contributed by atoms with E-state index in [0.29, 0.717) is 5.89 Å². The first-order valence-corrected chi connectivity index (χ1v) is 17.9. The van der Waals surface area contributed by atoms with Gasteiger partial charge in [-0.25, -0.2) is 4.98 Å². The number of rotatable bonds is 6. The molecule has 0 spiro atoms. The number of hydrogen-bond acceptors (Lipinski definition) is 3. The maximum Gasteiger partial charge on any atom is 0.227 e. The SMILES string of the molecule is c1ccc(-c2ccc(-c3cc(-c4cc5ccccc5c5ccccc45)cc4oc(-c5ccc(-c6cccc(-c7cccnc7)c6)cc5)nc34)cc2)cc1. The average Bonchev–Trinajstić information content (AvgIpc) is 3.68. The van der Waals surface area contributed by atoms with Crippen molar-refractivity contribution in [1.29, 1.82) is 0 Å². The molecule has 0 saturated heterocycles. The molecular formula is C50H32N2O. The lowest BCUT2D eigenvalue weighted by Crippen LogP contribution is -1.88. The Morgan fingerprint density at radius 2 is 0.962 bits per heavy atom. The molecule has 0 aliphatic heterocycles. The van der Waals surface area contributed by atoms with E-state index in [9.17, 15) is 0 Å². The highest BCUT2D eigenvalue weighted by Crippen LogP contribution is 2.41. The van der Waals surface area contributed by atoms with Crippen molar-refractivity contribution in [3.8, 4) is 67.1 Å². The second kappa shape index (κ2) is 12.9. The molecule has 0 bridgehead atoms. The largest absolute Gasteiger partial charge is 0.436 e. The second-order valence-electron chi connectivity index (χ2n) is 13.4. The molecule has 0 radical (unpaired) electrons. The van der Waals surface area contributed by atoms with Crippen molar-refractivity contribution >= 4 is 32.6 Å². The van der Waals surface area contributed by atoms with Crippen LogP contribution in [0.1, 0.15) is 0 Å². The zero-order valence-electron chi connectivity index (χ0n) is 28.8. The summed E-state index contributed by atoms with van der Waals surface area (Å²) < 4.78 is 6.68. The smallest absolute Gasteiger partial charge is 0.227 e. The molecule has 0 saturated carbocycles. The van der Waals surface area contributed by atoms with Crippen LogP contribution in [0.25, 0.3) is 99.7 Å². The summed E-state index contributed by atoms with van der Waals surface area (Å²) in [6.45, 7) is 0. The molecule has 53 heavy (non-hydrogen) atoms. The van der Waals surface area contributed by atoms with Gasteiger partial charge in [0.15, 0.2) is 5.58 Å². The summed E-state index contributed by atoms with van der Waals surface area (Å²) in [5.74, 6) is 0.596. The lowest BCUT2D eigenvalue weighted by Gasteiger charge is -2.13. The fraction of sp³-hybridized carbons (Fsp3) is 0. The number of hydrogen-bond donors (Lipinski definition) is 0. The minimum atomic E-state index is 0.596. The number of pyridine rings is 1. The van der Waals surface area contributed by atoms with E-state index in [1.807, 2.05) is 18.3 Å². The summed E-state index contributed by atoms with van der Waals surface area (Å²) in [4.78, 5) is 9.47. The topological polar surface area (TPSA) is 38.9 Å². The molecule has 3 heteroatoms. The van der Waals surface area contributed by atoms with Gasteiger partial charge in [0.05, 0.1) is 0 Å². The highest BCUT2D eigenvalue weighted by molar-refractivity contribution is 6.14. The van der Waals surface area contributed by atoms with E-state index in [1.165, 1.54) is 38.2 Å². The molecule has 0 atom stereocenters. The third kappa shape index (κ3) is 5.65. The van der Waals surface area contributed by atoms with E-state index < -0.39 is 0 Å². The average molecular weight is 677 g/mol. The van der Waals surface area contributed by atoms with Crippen LogP contribution < -0.4 is 0 Å². The Kier molecular flexibility index (Phi) is 7.47. The van der Waals surface area contributed by atoms with Gasteiger partial charge in [0, 0.05) is 29.1 Å². The summed E-state index contributed by atoms with van der Waals surface area (Å²) in [7, 11) is 0. The zero-order valence-corrected chi connectivity index (χ0v) is 28.8. The molecule has 0 N–H and O–H groups in total. The minimum absolute atomic E-state index is 0.596. The maximum atomic E-state index is 6.68. The molecule has 0 aliphatic carbocycles. The first-order valence-electron chi connectivity index (χ1n) is 17.9. The molecule has 2 aromatic heterocycles. The lowest BCUT2D eigenvalue weighted by molar-refractivity contribution is 0.620. The van der Waals surface area contributed by atoms with E-state index in [2.05, 4.69) is 175 Å². The van der Waals surface area contributed by atoms with Crippen molar-refractivity contribution in [2.75, 3.05) is 0 Å². The monoisotopic (exact) mass is 676 g/mol. The molecule has 10 aromatic rings. The number of nitrogens with zero attached hydrogens (tertiary/aromatic N) is 2. The van der Waals surface area contributed by atoms with Crippen molar-refractivity contribution in [2.24, 2.45) is 0 Å². The standard InChI is InChI=1S/C50H32N2O/c1-2-10-33(11-3-1)34-19-23-36(24-20-34)47-30-42(46-29-40-12-4-5-16-43(40)44-17-6-7-18-45(44)46)31-48-49(47)52-50(53-48)37-25-21-35(22-26-37)38-13-8-14-39(28-38)41-15-9-27-51-32-41/h1-32H. The van der Waals surface area contributed by atoms with Crippen LogP contribution in [-0.4, -0.2) is 9.97 Å². The van der Waals surface area contributed by atoms with Crippen LogP contribution >= 0.6 is 0 Å². The zero-order chi connectivity index (χ0) is 35.1. The van der Waals surface area contributed by atoms with E-state index in [1.54, 1.807) is 6.20 Å². The van der Waals surface area contributed by atoms with Gasteiger partial charge >= 0.3 is 0 Å². The van der Waals surface area contributed by atoms with Crippen LogP contribution in [0.2, 0.25) is 0 Å². The number of aromatic nitrogens is 2. The van der Waals surface area contributed by atoms with Gasteiger partial charge in [-0.2, -0.15) is 0 Å². The molecule has 2 heterocycles. The Hall–Kier alpha value is -7.10. The predicted octanol–water partition coefficient (Wildman–Crippen LogP) is 13.5. The quantitative estimate of drug-likeness (QED) is 0.165. The molecule has 10 rings (SSSR count). The van der Waals surface area contributed by atoms with Crippen LogP contribution in [0.4, 0.5) is 0 Å². The first-order chi connectivity index (χ1) is 26.2. The molecule has 0 fully saturated rings. The van der Waals surface area contributed by atoms with E-state index in [-0.39, 0.29) is 0 Å². The Balaban J connectivity index is 1.10. The minimum Gasteiger partial charge on any atom is -0.436 e. The predicted molar refractivity (Wildman–Crippen MR) is 219 cm³/mol. The third-order valence-electron chi connectivity index (χ3n) is 10.2. The molecular weight excluding hydrogens is 645 g/mol. The highest BCUT2D eigenvalue weighted by Gasteiger charge is 2.18. The summed E-state index contributed by atoms with van der Waals surface area (Å²) in [5.41, 5.74) is 13.8. The summed E-state index contributed by atoms with van der Waals surface area (Å²) >= 11 is 0. The molecule has 0 amide bonds. The number of oxazole rings is 1. The van der Waals surface area contributed by atoms with E-state index in [4.69, 9.17) is 9.40 Å². The summed E-state index contributed by atoms with van der Waals surface area (Å²) in [5, 5.41) is 4.90. The van der Waals surface area contributed by atoms with Gasteiger partial charge in [0.25, 0.3) is 0 Å². The van der Waals surface area contributed by atoms with Gasteiger partial charge in [-0.05, 0) is 109 Å². The molecule has 3 nitrogen and oxygen atoms in total. The van der Waals surface area contributed by atoms with Crippen molar-refractivity contribution in [3.05, 3.63) is 194 Å². The maximum absolute atomic E-state index is 6.68. The van der Waals surface area contributed by atoms with Crippen molar-refractivity contribution in [1.82, 2.24) is 9.97 Å². The van der Waals surface area contributed by atoms with Gasteiger partial charge in [-0.1, -0.05) is 140 Å². The van der Waals surface area contributed by atoms with Crippen LogP contribution in [-0.2, 0) is 0 Å². The van der Waals surface area contributed by atoms with E-state index >= 15 is 0 Å². The van der Waals surface area contributed by atoms with Crippen molar-refractivity contribution < 1.29 is 4.42 Å². The second-order valence-corrected chi connectivity index (χ2v) is 13.4. The molecule has 0 aliphatic rings. The van der Waals surface area contributed by atoms with Crippen LogP contribution in [0, 0.1) is 0 Å². The van der Waals surface area contributed by atoms with Gasteiger partial charge < -0.3 is 4.42 Å².